The number of aromatic nitrogens is 4. The number of hydrogen-bond acceptors (Lipinski definition) is 9. The molecule has 186 valence electrons. The van der Waals surface area contributed by atoms with E-state index in [1.165, 1.54) is 0 Å². The van der Waals surface area contributed by atoms with E-state index in [1.54, 1.807) is 18.2 Å². The molecular formula is C23H28N6O6. The van der Waals surface area contributed by atoms with E-state index in [2.05, 4.69) is 25.3 Å². The molecule has 0 saturated carbocycles. The Morgan fingerprint density at radius 3 is 2.14 bits per heavy atom. The predicted octanol–water partition coefficient (Wildman–Crippen LogP) is -1.35. The lowest BCUT2D eigenvalue weighted by molar-refractivity contribution is -0.113. The first-order valence-electron chi connectivity index (χ1n) is 11.1. The van der Waals surface area contributed by atoms with Crippen LogP contribution in [0.4, 0.5) is 0 Å². The van der Waals surface area contributed by atoms with Gasteiger partial charge in [0.05, 0.1) is 41.2 Å². The van der Waals surface area contributed by atoms with Crippen LogP contribution < -0.4 is 11.1 Å². The van der Waals surface area contributed by atoms with E-state index in [-0.39, 0.29) is 12.1 Å². The summed E-state index contributed by atoms with van der Waals surface area (Å²) in [5, 5.41) is 50.2. The number of aliphatic hydroxyl groups excluding tert-OH is 5. The van der Waals surface area contributed by atoms with Crippen molar-refractivity contribution in [3.05, 3.63) is 59.2 Å². The van der Waals surface area contributed by atoms with Gasteiger partial charge in [-0.25, -0.2) is 9.97 Å². The number of carbonyl (C=O) groups excluding carboxylic acids is 1. The third-order valence-electron chi connectivity index (χ3n) is 5.76. The van der Waals surface area contributed by atoms with Crippen LogP contribution in [0, 0.1) is 0 Å². The Labute approximate surface area is 199 Å². The molecule has 2 heterocycles. The minimum atomic E-state index is -1.76. The average Bonchev–Trinajstić information content (AvgIpc) is 3.46. The molecule has 0 saturated heterocycles. The van der Waals surface area contributed by atoms with E-state index >= 15 is 0 Å². The molecule has 0 spiro atoms. The first-order valence-corrected chi connectivity index (χ1v) is 11.1. The molecule has 4 unspecified atom stereocenters. The van der Waals surface area contributed by atoms with Crippen molar-refractivity contribution in [1.29, 1.82) is 0 Å². The highest BCUT2D eigenvalue weighted by atomic mass is 16.4. The molecule has 12 nitrogen and oxygen atoms in total. The highest BCUT2D eigenvalue weighted by Crippen LogP contribution is 2.18. The minimum absolute atomic E-state index is 0.284. The van der Waals surface area contributed by atoms with Crippen LogP contribution in [-0.2, 0) is 13.0 Å². The first-order chi connectivity index (χ1) is 16.8. The summed E-state index contributed by atoms with van der Waals surface area (Å²) in [6.07, 6.45) is -6.26. The van der Waals surface area contributed by atoms with Crippen molar-refractivity contribution >= 4 is 28.0 Å². The number of carbonyl (C=O) groups is 1. The number of imidazole rings is 2. The number of aromatic amines is 2. The van der Waals surface area contributed by atoms with E-state index in [0.717, 1.165) is 27.9 Å². The van der Waals surface area contributed by atoms with Crippen LogP contribution in [0.15, 0.2) is 36.4 Å². The summed E-state index contributed by atoms with van der Waals surface area (Å²) in [6.45, 7) is -0.725. The number of nitrogens with two attached hydrogens (primary N) is 1. The van der Waals surface area contributed by atoms with Gasteiger partial charge in [-0.15, -0.1) is 0 Å². The first kappa shape index (κ1) is 24.7. The molecule has 4 atom stereocenters. The zero-order chi connectivity index (χ0) is 25.1. The summed E-state index contributed by atoms with van der Waals surface area (Å²) in [4.78, 5) is 28.1. The fraction of sp³-hybridized carbons (Fsp3) is 0.348. The average molecular weight is 485 g/mol. The number of amides is 1. The molecular weight excluding hydrogens is 456 g/mol. The van der Waals surface area contributed by atoms with Crippen LogP contribution in [0.5, 0.6) is 0 Å². The number of nitrogens with zero attached hydrogens (tertiary/aromatic N) is 2. The van der Waals surface area contributed by atoms with Gasteiger partial charge in [-0.3, -0.25) is 4.79 Å². The maximum atomic E-state index is 12.5. The molecule has 0 radical (unpaired) electrons. The van der Waals surface area contributed by atoms with Crippen molar-refractivity contribution < 1.29 is 30.3 Å². The molecule has 10 N–H and O–H groups in total. The highest BCUT2D eigenvalue weighted by molar-refractivity contribution is 5.97. The summed E-state index contributed by atoms with van der Waals surface area (Å²) < 4.78 is 0. The van der Waals surface area contributed by atoms with Crippen LogP contribution in [0.2, 0.25) is 0 Å². The van der Waals surface area contributed by atoms with Gasteiger partial charge in [-0.05, 0) is 35.9 Å². The number of benzene rings is 2. The Morgan fingerprint density at radius 2 is 1.51 bits per heavy atom. The van der Waals surface area contributed by atoms with Crippen molar-refractivity contribution in [2.75, 3.05) is 13.2 Å². The van der Waals surface area contributed by atoms with Gasteiger partial charge in [0.2, 0.25) is 0 Å². The van der Waals surface area contributed by atoms with Gasteiger partial charge in [-0.1, -0.05) is 6.07 Å². The Bertz CT molecular complexity index is 1320. The van der Waals surface area contributed by atoms with Crippen molar-refractivity contribution in [2.45, 2.75) is 37.4 Å². The molecule has 1 amide bonds. The fourth-order valence-corrected chi connectivity index (χ4v) is 3.74. The quantitative estimate of drug-likeness (QED) is 0.130. The standard InChI is InChI=1S/C23H28N6O6/c24-8-11-1-3-13-15(5-11)28-19(26-13)7-20-27-14-4-2-12(6-16(14)29-20)23(35)25-9-17(31)21(33)22(34)18(32)10-30/h1-6,17-18,21-22,30-34H,7-10,24H2,(H,25,35)(H,26,28)(H,27,29). The molecule has 4 aromatic rings. The zero-order valence-corrected chi connectivity index (χ0v) is 18.7. The molecule has 0 aliphatic rings. The summed E-state index contributed by atoms with van der Waals surface area (Å²) in [6, 6.07) is 10.7. The Hall–Kier alpha value is -3.39. The van der Waals surface area contributed by atoms with Gasteiger partial charge in [-0.2, -0.15) is 0 Å². The van der Waals surface area contributed by atoms with Gasteiger partial charge >= 0.3 is 0 Å². The molecule has 0 fully saturated rings. The van der Waals surface area contributed by atoms with E-state index in [4.69, 9.17) is 10.8 Å². The monoisotopic (exact) mass is 484 g/mol. The maximum Gasteiger partial charge on any atom is 0.251 e. The van der Waals surface area contributed by atoms with Crippen molar-refractivity contribution in [1.82, 2.24) is 25.3 Å². The van der Waals surface area contributed by atoms with Crippen LogP contribution in [0.3, 0.4) is 0 Å². The molecule has 2 aromatic heterocycles. The Balaban J connectivity index is 1.41. The molecule has 0 aliphatic heterocycles. The lowest BCUT2D eigenvalue weighted by Crippen LogP contribution is -2.49. The Morgan fingerprint density at radius 1 is 0.914 bits per heavy atom. The van der Waals surface area contributed by atoms with Crippen LogP contribution >= 0.6 is 0 Å². The second-order valence-electron chi connectivity index (χ2n) is 8.34. The highest BCUT2D eigenvalue weighted by Gasteiger charge is 2.30. The van der Waals surface area contributed by atoms with E-state index < -0.39 is 36.9 Å². The van der Waals surface area contributed by atoms with Gasteiger partial charge in [0.1, 0.15) is 30.0 Å². The minimum Gasteiger partial charge on any atom is -0.394 e. The van der Waals surface area contributed by atoms with Gasteiger partial charge in [0, 0.05) is 18.7 Å². The predicted molar refractivity (Wildman–Crippen MR) is 126 cm³/mol. The second kappa shape index (κ2) is 10.5. The van der Waals surface area contributed by atoms with Crippen molar-refractivity contribution in [2.24, 2.45) is 5.73 Å². The topological polar surface area (TPSA) is 214 Å². The number of H-pyrrole nitrogens is 2. The fourth-order valence-electron chi connectivity index (χ4n) is 3.74. The van der Waals surface area contributed by atoms with Crippen molar-refractivity contribution in [3.8, 4) is 0 Å². The van der Waals surface area contributed by atoms with Gasteiger partial charge < -0.3 is 46.6 Å². The summed E-state index contributed by atoms with van der Waals surface area (Å²) in [5.74, 6) is 0.866. The second-order valence-corrected chi connectivity index (χ2v) is 8.34. The summed E-state index contributed by atoms with van der Waals surface area (Å²) in [5.41, 5.74) is 9.99. The number of nitrogens with one attached hydrogen (secondary N) is 3. The summed E-state index contributed by atoms with van der Waals surface area (Å²) in [7, 11) is 0. The SMILES string of the molecule is NCc1ccc2[nH]c(Cc3nc4cc(C(=O)NCC(O)C(O)C(O)C(O)CO)ccc4[nH]3)nc2c1. The lowest BCUT2D eigenvalue weighted by Gasteiger charge is -2.25. The molecule has 35 heavy (non-hydrogen) atoms. The number of hydrogen-bond donors (Lipinski definition) is 9. The lowest BCUT2D eigenvalue weighted by atomic mass is 10.0. The molecule has 4 rings (SSSR count). The largest absolute Gasteiger partial charge is 0.394 e. The number of aliphatic hydroxyl groups is 5. The van der Waals surface area contributed by atoms with Gasteiger partial charge in [0.25, 0.3) is 5.91 Å². The van der Waals surface area contributed by atoms with E-state index in [1.807, 2.05) is 18.2 Å². The normalized spacial score (nSPS) is 15.3. The molecule has 2 aromatic carbocycles. The third kappa shape index (κ3) is 5.48. The molecule has 0 aliphatic carbocycles. The number of fused-ring (bicyclic) bond motifs is 2. The van der Waals surface area contributed by atoms with Crippen molar-refractivity contribution in [3.63, 3.8) is 0 Å². The van der Waals surface area contributed by atoms with Gasteiger partial charge in [0.15, 0.2) is 0 Å². The van der Waals surface area contributed by atoms with E-state index in [9.17, 15) is 25.2 Å². The third-order valence-corrected chi connectivity index (χ3v) is 5.76. The molecule has 0 bridgehead atoms. The summed E-state index contributed by atoms with van der Waals surface area (Å²) >= 11 is 0. The Kier molecular flexibility index (Phi) is 7.40. The van der Waals surface area contributed by atoms with Crippen LogP contribution in [0.1, 0.15) is 27.6 Å². The maximum absolute atomic E-state index is 12.5. The van der Waals surface area contributed by atoms with E-state index in [0.29, 0.717) is 24.3 Å². The smallest absolute Gasteiger partial charge is 0.251 e. The zero-order valence-electron chi connectivity index (χ0n) is 18.7. The molecule has 12 heteroatoms. The van der Waals surface area contributed by atoms with Crippen LogP contribution in [-0.4, -0.2) is 88.9 Å². The number of rotatable bonds is 10. The van der Waals surface area contributed by atoms with Crippen LogP contribution in [0.25, 0.3) is 22.1 Å².